The number of benzene rings is 2. The number of methoxy groups -OCH3 is 2. The molecule has 0 saturated carbocycles. The highest BCUT2D eigenvalue weighted by molar-refractivity contribution is 5.91. The maximum absolute atomic E-state index is 13.5. The highest BCUT2D eigenvalue weighted by Crippen LogP contribution is 2.31. The third-order valence-electron chi connectivity index (χ3n) is 5.07. The Labute approximate surface area is 182 Å². The molecule has 164 valence electrons. The molecular formula is C23H21FN4O4. The van der Waals surface area contributed by atoms with Crippen LogP contribution in [0.15, 0.2) is 59.7 Å². The highest BCUT2D eigenvalue weighted by atomic mass is 19.1. The Balaban J connectivity index is 1.61. The molecule has 0 atom stereocenters. The van der Waals surface area contributed by atoms with Gasteiger partial charge in [-0.1, -0.05) is 6.07 Å². The number of fused-ring (bicyclic) bond motifs is 1. The van der Waals surface area contributed by atoms with E-state index >= 15 is 0 Å². The van der Waals surface area contributed by atoms with Gasteiger partial charge in [0.25, 0.3) is 5.56 Å². The van der Waals surface area contributed by atoms with Crippen LogP contribution in [0.3, 0.4) is 0 Å². The Hall–Kier alpha value is -4.14. The van der Waals surface area contributed by atoms with Gasteiger partial charge in [0.2, 0.25) is 5.91 Å². The number of rotatable bonds is 6. The number of carbonyl (C=O) groups is 1. The van der Waals surface area contributed by atoms with Gasteiger partial charge in [-0.25, -0.2) is 8.91 Å². The summed E-state index contributed by atoms with van der Waals surface area (Å²) in [6, 6.07) is 11.1. The summed E-state index contributed by atoms with van der Waals surface area (Å²) in [6.07, 6.45) is 3.08. The van der Waals surface area contributed by atoms with Crippen LogP contribution in [0.25, 0.3) is 16.8 Å². The molecule has 4 aromatic rings. The van der Waals surface area contributed by atoms with E-state index in [4.69, 9.17) is 9.47 Å². The first-order valence-electron chi connectivity index (χ1n) is 9.77. The Morgan fingerprint density at radius 3 is 2.59 bits per heavy atom. The Kier molecular flexibility index (Phi) is 5.63. The number of aromatic nitrogens is 3. The summed E-state index contributed by atoms with van der Waals surface area (Å²) < 4.78 is 26.8. The average molecular weight is 436 g/mol. The number of halogens is 1. The van der Waals surface area contributed by atoms with Gasteiger partial charge in [-0.2, -0.15) is 5.10 Å². The second-order valence-electron chi connectivity index (χ2n) is 7.17. The largest absolute Gasteiger partial charge is 0.493 e. The molecule has 0 unspecified atom stereocenters. The van der Waals surface area contributed by atoms with Gasteiger partial charge in [-0.05, 0) is 48.9 Å². The second kappa shape index (κ2) is 8.54. The minimum absolute atomic E-state index is 0.220. The molecule has 32 heavy (non-hydrogen) atoms. The van der Waals surface area contributed by atoms with Crippen LogP contribution in [0, 0.1) is 12.7 Å². The van der Waals surface area contributed by atoms with Crippen LogP contribution < -0.4 is 20.3 Å². The molecule has 9 heteroatoms. The van der Waals surface area contributed by atoms with Crippen molar-refractivity contribution in [1.29, 1.82) is 0 Å². The van der Waals surface area contributed by atoms with Crippen molar-refractivity contribution in [2.45, 2.75) is 13.5 Å². The number of nitrogens with one attached hydrogen (secondary N) is 1. The molecular weight excluding hydrogens is 415 g/mol. The minimum atomic E-state index is -0.452. The molecule has 0 aliphatic heterocycles. The SMILES string of the molecule is COc1ccc(-c2cc3c(=O)n(CC(=O)Nc4cc(F)ccc4C)ccn3n2)cc1OC. The summed E-state index contributed by atoms with van der Waals surface area (Å²) in [5.41, 5.74) is 2.34. The average Bonchev–Trinajstić information content (AvgIpc) is 3.23. The van der Waals surface area contributed by atoms with Crippen LogP contribution in [0.1, 0.15) is 5.56 Å². The minimum Gasteiger partial charge on any atom is -0.493 e. The normalized spacial score (nSPS) is 10.9. The summed E-state index contributed by atoms with van der Waals surface area (Å²) in [4.78, 5) is 25.4. The standard InChI is InChI=1S/C23H21FN4O4/c1-14-4-6-16(24)11-17(14)25-22(29)13-27-8-9-28-19(23(27)30)12-18(26-28)15-5-7-20(31-2)21(10-15)32-3/h4-12H,13H2,1-3H3,(H,25,29). The molecule has 2 aromatic heterocycles. The molecule has 8 nitrogen and oxygen atoms in total. The van der Waals surface area contributed by atoms with E-state index in [-0.39, 0.29) is 12.1 Å². The third kappa shape index (κ3) is 4.04. The van der Waals surface area contributed by atoms with Crippen molar-refractivity contribution in [2.24, 2.45) is 0 Å². The number of amides is 1. The molecule has 0 aliphatic rings. The van der Waals surface area contributed by atoms with Gasteiger partial charge in [0.15, 0.2) is 11.5 Å². The van der Waals surface area contributed by atoms with Crippen molar-refractivity contribution in [3.05, 3.63) is 76.6 Å². The Bertz CT molecular complexity index is 1380. The van der Waals surface area contributed by atoms with Crippen molar-refractivity contribution < 1.29 is 18.7 Å². The third-order valence-corrected chi connectivity index (χ3v) is 5.07. The zero-order chi connectivity index (χ0) is 22.8. The van der Waals surface area contributed by atoms with E-state index in [9.17, 15) is 14.0 Å². The molecule has 4 rings (SSSR count). The molecule has 0 fully saturated rings. The van der Waals surface area contributed by atoms with E-state index in [1.165, 1.54) is 27.4 Å². The summed E-state index contributed by atoms with van der Waals surface area (Å²) in [5.74, 6) is 0.238. The maximum Gasteiger partial charge on any atom is 0.277 e. The first kappa shape index (κ1) is 21.1. The van der Waals surface area contributed by atoms with Crippen molar-refractivity contribution in [2.75, 3.05) is 19.5 Å². The van der Waals surface area contributed by atoms with Crippen LogP contribution in [0.4, 0.5) is 10.1 Å². The monoisotopic (exact) mass is 436 g/mol. The first-order chi connectivity index (χ1) is 15.4. The number of aryl methyl sites for hydroxylation is 1. The van der Waals surface area contributed by atoms with Crippen molar-refractivity contribution in [3.63, 3.8) is 0 Å². The van der Waals surface area contributed by atoms with Gasteiger partial charge < -0.3 is 19.4 Å². The number of hydrogen-bond acceptors (Lipinski definition) is 5. The Morgan fingerprint density at radius 1 is 1.06 bits per heavy atom. The second-order valence-corrected chi connectivity index (χ2v) is 7.17. The van der Waals surface area contributed by atoms with E-state index in [0.717, 1.165) is 11.1 Å². The van der Waals surface area contributed by atoms with Crippen LogP contribution in [-0.2, 0) is 11.3 Å². The van der Waals surface area contributed by atoms with E-state index in [1.807, 2.05) is 6.07 Å². The molecule has 0 spiro atoms. The zero-order valence-corrected chi connectivity index (χ0v) is 17.8. The predicted octanol–water partition coefficient (Wildman–Crippen LogP) is 3.27. The van der Waals surface area contributed by atoms with Gasteiger partial charge in [-0.3, -0.25) is 9.59 Å². The van der Waals surface area contributed by atoms with Crippen LogP contribution in [0.2, 0.25) is 0 Å². The van der Waals surface area contributed by atoms with E-state index in [2.05, 4.69) is 10.4 Å². The topological polar surface area (TPSA) is 86.9 Å². The summed E-state index contributed by atoms with van der Waals surface area (Å²) >= 11 is 0. The van der Waals surface area contributed by atoms with Gasteiger partial charge >= 0.3 is 0 Å². The number of ether oxygens (including phenoxy) is 2. The maximum atomic E-state index is 13.5. The van der Waals surface area contributed by atoms with Gasteiger partial charge in [0, 0.05) is 23.6 Å². The van der Waals surface area contributed by atoms with Crippen molar-refractivity contribution in [3.8, 4) is 22.8 Å². The fraction of sp³-hybridized carbons (Fsp3) is 0.174. The predicted molar refractivity (Wildman–Crippen MR) is 118 cm³/mol. The van der Waals surface area contributed by atoms with Gasteiger partial charge in [0.1, 0.15) is 17.9 Å². The lowest BCUT2D eigenvalue weighted by molar-refractivity contribution is -0.116. The number of hydrogen-bond donors (Lipinski definition) is 1. The van der Waals surface area contributed by atoms with Gasteiger partial charge in [0.05, 0.1) is 19.9 Å². The molecule has 0 saturated heterocycles. The van der Waals surface area contributed by atoms with Gasteiger partial charge in [-0.15, -0.1) is 0 Å². The number of anilines is 1. The lowest BCUT2D eigenvalue weighted by Gasteiger charge is -2.10. The van der Waals surface area contributed by atoms with E-state index < -0.39 is 11.7 Å². The van der Waals surface area contributed by atoms with Crippen LogP contribution in [0.5, 0.6) is 11.5 Å². The van der Waals surface area contributed by atoms with Crippen LogP contribution in [-0.4, -0.2) is 34.3 Å². The fourth-order valence-corrected chi connectivity index (χ4v) is 3.36. The van der Waals surface area contributed by atoms with Crippen molar-refractivity contribution >= 4 is 17.1 Å². The van der Waals surface area contributed by atoms with Crippen molar-refractivity contribution in [1.82, 2.24) is 14.2 Å². The lowest BCUT2D eigenvalue weighted by atomic mass is 10.1. The quantitative estimate of drug-likeness (QED) is 0.501. The molecule has 0 aliphatic carbocycles. The molecule has 1 amide bonds. The highest BCUT2D eigenvalue weighted by Gasteiger charge is 2.14. The summed E-state index contributed by atoms with van der Waals surface area (Å²) in [7, 11) is 3.09. The number of nitrogens with zero attached hydrogens (tertiary/aromatic N) is 3. The Morgan fingerprint density at radius 2 is 1.84 bits per heavy atom. The lowest BCUT2D eigenvalue weighted by Crippen LogP contribution is -2.28. The molecule has 1 N–H and O–H groups in total. The molecule has 0 radical (unpaired) electrons. The smallest absolute Gasteiger partial charge is 0.277 e. The van der Waals surface area contributed by atoms with E-state index in [1.54, 1.807) is 51.6 Å². The molecule has 2 aromatic carbocycles. The first-order valence-corrected chi connectivity index (χ1v) is 9.77. The van der Waals surface area contributed by atoms with E-state index in [0.29, 0.717) is 28.4 Å². The number of carbonyl (C=O) groups excluding carboxylic acids is 1. The summed E-state index contributed by atoms with van der Waals surface area (Å²) in [5, 5.41) is 7.09. The molecule has 0 bridgehead atoms. The summed E-state index contributed by atoms with van der Waals surface area (Å²) in [6.45, 7) is 1.54. The zero-order valence-electron chi connectivity index (χ0n) is 17.8. The fourth-order valence-electron chi connectivity index (χ4n) is 3.36. The molecule has 2 heterocycles. The van der Waals surface area contributed by atoms with Crippen LogP contribution >= 0.6 is 0 Å².